The number of hydrogen-bond acceptors (Lipinski definition) is 3. The summed E-state index contributed by atoms with van der Waals surface area (Å²) in [6, 6.07) is 0.0170. The van der Waals surface area contributed by atoms with Crippen LogP contribution in [-0.2, 0) is 9.53 Å². The fourth-order valence-electron chi connectivity index (χ4n) is 2.36. The molecule has 0 bridgehead atoms. The SMILES string of the molecule is CCOC(CCNC(=O)C1CCCCN1)C(C)C. The quantitative estimate of drug-likeness (QED) is 0.729. The highest BCUT2D eigenvalue weighted by molar-refractivity contribution is 5.81. The van der Waals surface area contributed by atoms with Gasteiger partial charge in [0.25, 0.3) is 0 Å². The fraction of sp³-hybridized carbons (Fsp3) is 0.929. The van der Waals surface area contributed by atoms with E-state index in [0.29, 0.717) is 12.5 Å². The molecule has 106 valence electrons. The topological polar surface area (TPSA) is 50.4 Å². The van der Waals surface area contributed by atoms with E-state index in [4.69, 9.17) is 4.74 Å². The van der Waals surface area contributed by atoms with E-state index >= 15 is 0 Å². The summed E-state index contributed by atoms with van der Waals surface area (Å²) in [6.07, 6.45) is 4.44. The lowest BCUT2D eigenvalue weighted by Crippen LogP contribution is -2.47. The second-order valence-electron chi connectivity index (χ2n) is 5.32. The van der Waals surface area contributed by atoms with Gasteiger partial charge in [-0.05, 0) is 38.6 Å². The summed E-state index contributed by atoms with van der Waals surface area (Å²) in [5, 5.41) is 6.28. The molecule has 0 aromatic heterocycles. The molecule has 0 aliphatic carbocycles. The molecule has 1 aliphatic heterocycles. The second kappa shape index (κ2) is 8.48. The molecule has 2 N–H and O–H groups in total. The average molecular weight is 256 g/mol. The third-order valence-corrected chi connectivity index (χ3v) is 3.48. The van der Waals surface area contributed by atoms with Crippen LogP contribution in [0.2, 0.25) is 0 Å². The number of amides is 1. The van der Waals surface area contributed by atoms with Crippen LogP contribution in [0.5, 0.6) is 0 Å². The number of nitrogens with one attached hydrogen (secondary N) is 2. The monoisotopic (exact) mass is 256 g/mol. The molecule has 1 amide bonds. The molecule has 4 nitrogen and oxygen atoms in total. The zero-order valence-electron chi connectivity index (χ0n) is 12.0. The Labute approximate surface area is 111 Å². The molecule has 2 unspecified atom stereocenters. The summed E-state index contributed by atoms with van der Waals surface area (Å²) >= 11 is 0. The first-order valence-electron chi connectivity index (χ1n) is 7.27. The second-order valence-corrected chi connectivity index (χ2v) is 5.32. The van der Waals surface area contributed by atoms with Crippen LogP contribution < -0.4 is 10.6 Å². The van der Waals surface area contributed by atoms with Crippen LogP contribution in [0.15, 0.2) is 0 Å². The zero-order chi connectivity index (χ0) is 13.4. The Morgan fingerprint density at radius 2 is 2.22 bits per heavy atom. The lowest BCUT2D eigenvalue weighted by atomic mass is 10.0. The third kappa shape index (κ3) is 5.36. The van der Waals surface area contributed by atoms with Crippen molar-refractivity contribution in [2.75, 3.05) is 19.7 Å². The van der Waals surface area contributed by atoms with E-state index in [1.807, 2.05) is 6.92 Å². The van der Waals surface area contributed by atoms with E-state index in [9.17, 15) is 4.79 Å². The van der Waals surface area contributed by atoms with Crippen molar-refractivity contribution in [3.05, 3.63) is 0 Å². The first-order chi connectivity index (χ1) is 8.65. The number of rotatable bonds is 7. The summed E-state index contributed by atoms with van der Waals surface area (Å²) in [4.78, 5) is 11.9. The van der Waals surface area contributed by atoms with Crippen molar-refractivity contribution in [3.8, 4) is 0 Å². The Hall–Kier alpha value is -0.610. The summed E-state index contributed by atoms with van der Waals surface area (Å²) in [5.41, 5.74) is 0. The van der Waals surface area contributed by atoms with Crippen LogP contribution in [0.3, 0.4) is 0 Å². The Morgan fingerprint density at radius 3 is 2.78 bits per heavy atom. The van der Waals surface area contributed by atoms with Gasteiger partial charge in [-0.15, -0.1) is 0 Å². The van der Waals surface area contributed by atoms with Crippen LogP contribution in [-0.4, -0.2) is 37.7 Å². The normalized spacial score (nSPS) is 21.9. The molecule has 2 atom stereocenters. The van der Waals surface area contributed by atoms with E-state index < -0.39 is 0 Å². The molecular formula is C14H28N2O2. The number of ether oxygens (including phenoxy) is 1. The molecule has 1 saturated heterocycles. The Balaban J connectivity index is 2.20. The van der Waals surface area contributed by atoms with Crippen molar-refractivity contribution in [1.82, 2.24) is 10.6 Å². The van der Waals surface area contributed by atoms with E-state index in [0.717, 1.165) is 32.4 Å². The fourth-order valence-corrected chi connectivity index (χ4v) is 2.36. The lowest BCUT2D eigenvalue weighted by Gasteiger charge is -2.24. The summed E-state index contributed by atoms with van der Waals surface area (Å²) in [7, 11) is 0. The van der Waals surface area contributed by atoms with E-state index in [-0.39, 0.29) is 18.1 Å². The maximum absolute atomic E-state index is 11.9. The standard InChI is InChI=1S/C14H28N2O2/c1-4-18-13(11(2)3)8-10-16-14(17)12-7-5-6-9-15-12/h11-13,15H,4-10H2,1-3H3,(H,16,17). The molecule has 0 saturated carbocycles. The van der Waals surface area contributed by atoms with Gasteiger partial charge in [-0.1, -0.05) is 20.3 Å². The molecule has 0 aromatic rings. The van der Waals surface area contributed by atoms with Crippen LogP contribution in [0, 0.1) is 5.92 Å². The van der Waals surface area contributed by atoms with Gasteiger partial charge in [0.05, 0.1) is 12.1 Å². The summed E-state index contributed by atoms with van der Waals surface area (Å²) in [5.74, 6) is 0.642. The zero-order valence-corrected chi connectivity index (χ0v) is 12.0. The van der Waals surface area contributed by atoms with Gasteiger partial charge in [-0.25, -0.2) is 0 Å². The van der Waals surface area contributed by atoms with Crippen LogP contribution in [0.1, 0.15) is 46.5 Å². The maximum Gasteiger partial charge on any atom is 0.237 e. The van der Waals surface area contributed by atoms with Gasteiger partial charge in [0.2, 0.25) is 5.91 Å². The van der Waals surface area contributed by atoms with Crippen molar-refractivity contribution >= 4 is 5.91 Å². The molecule has 1 rings (SSSR count). The molecule has 0 spiro atoms. The first kappa shape index (κ1) is 15.4. The van der Waals surface area contributed by atoms with Crippen LogP contribution >= 0.6 is 0 Å². The van der Waals surface area contributed by atoms with Crippen molar-refractivity contribution in [2.45, 2.75) is 58.6 Å². The minimum Gasteiger partial charge on any atom is -0.378 e. The molecule has 18 heavy (non-hydrogen) atoms. The molecule has 4 heteroatoms. The molecular weight excluding hydrogens is 228 g/mol. The summed E-state index contributed by atoms with van der Waals surface area (Å²) in [6.45, 7) is 8.74. The lowest BCUT2D eigenvalue weighted by molar-refractivity contribution is -0.123. The predicted molar refractivity (Wildman–Crippen MR) is 73.5 cm³/mol. The van der Waals surface area contributed by atoms with Gasteiger partial charge < -0.3 is 15.4 Å². The Morgan fingerprint density at radius 1 is 1.44 bits per heavy atom. The number of carbonyl (C=O) groups is 1. The minimum absolute atomic E-state index is 0.0170. The number of hydrogen-bond donors (Lipinski definition) is 2. The van der Waals surface area contributed by atoms with Gasteiger partial charge in [-0.3, -0.25) is 4.79 Å². The van der Waals surface area contributed by atoms with Crippen molar-refractivity contribution in [2.24, 2.45) is 5.92 Å². The molecule has 0 radical (unpaired) electrons. The van der Waals surface area contributed by atoms with Crippen molar-refractivity contribution in [3.63, 3.8) is 0 Å². The maximum atomic E-state index is 11.9. The van der Waals surface area contributed by atoms with Gasteiger partial charge >= 0.3 is 0 Å². The highest BCUT2D eigenvalue weighted by Gasteiger charge is 2.20. The highest BCUT2D eigenvalue weighted by Crippen LogP contribution is 2.10. The van der Waals surface area contributed by atoms with Crippen LogP contribution in [0.25, 0.3) is 0 Å². The molecule has 0 aromatic carbocycles. The van der Waals surface area contributed by atoms with E-state index in [1.54, 1.807) is 0 Å². The van der Waals surface area contributed by atoms with Gasteiger partial charge in [-0.2, -0.15) is 0 Å². The van der Waals surface area contributed by atoms with E-state index in [2.05, 4.69) is 24.5 Å². The first-order valence-corrected chi connectivity index (χ1v) is 7.27. The Kier molecular flexibility index (Phi) is 7.28. The number of carbonyl (C=O) groups excluding carboxylic acids is 1. The largest absolute Gasteiger partial charge is 0.378 e. The van der Waals surface area contributed by atoms with E-state index in [1.165, 1.54) is 6.42 Å². The average Bonchev–Trinajstić information content (AvgIpc) is 2.38. The smallest absolute Gasteiger partial charge is 0.237 e. The molecule has 1 heterocycles. The van der Waals surface area contributed by atoms with Crippen LogP contribution in [0.4, 0.5) is 0 Å². The molecule has 1 aliphatic rings. The van der Waals surface area contributed by atoms with Crippen molar-refractivity contribution in [1.29, 1.82) is 0 Å². The highest BCUT2D eigenvalue weighted by atomic mass is 16.5. The van der Waals surface area contributed by atoms with Gasteiger partial charge in [0.15, 0.2) is 0 Å². The molecule has 1 fully saturated rings. The van der Waals surface area contributed by atoms with Gasteiger partial charge in [0.1, 0.15) is 0 Å². The third-order valence-electron chi connectivity index (χ3n) is 3.48. The summed E-state index contributed by atoms with van der Waals surface area (Å²) < 4.78 is 5.66. The number of piperidine rings is 1. The van der Waals surface area contributed by atoms with Crippen molar-refractivity contribution < 1.29 is 9.53 Å². The van der Waals surface area contributed by atoms with Gasteiger partial charge in [0, 0.05) is 13.2 Å². The minimum atomic E-state index is 0.0170. The predicted octanol–water partition coefficient (Wildman–Crippen LogP) is 1.70. The Bertz CT molecular complexity index is 238.